The first-order valence-corrected chi connectivity index (χ1v) is 6.81. The van der Waals surface area contributed by atoms with Crippen molar-refractivity contribution in [2.75, 3.05) is 13.7 Å². The minimum atomic E-state index is -3.79. The van der Waals surface area contributed by atoms with Crippen molar-refractivity contribution in [2.45, 2.75) is 23.5 Å². The number of nitrogens with zero attached hydrogens (tertiary/aromatic N) is 1. The summed E-state index contributed by atoms with van der Waals surface area (Å²) in [5, 5.41) is 9.09. The highest BCUT2D eigenvalue weighted by Crippen LogP contribution is 2.27. The molecule has 1 saturated heterocycles. The van der Waals surface area contributed by atoms with Crippen molar-refractivity contribution in [3.05, 3.63) is 18.5 Å². The topological polar surface area (TPSA) is 99.7 Å². The van der Waals surface area contributed by atoms with Gasteiger partial charge in [0.2, 0.25) is 10.0 Å². The molecule has 2 unspecified atom stereocenters. The first-order chi connectivity index (χ1) is 8.46. The highest BCUT2D eigenvalue weighted by atomic mass is 32.2. The highest BCUT2D eigenvalue weighted by Gasteiger charge is 2.44. The van der Waals surface area contributed by atoms with Crippen molar-refractivity contribution in [1.82, 2.24) is 9.29 Å². The van der Waals surface area contributed by atoms with E-state index < -0.39 is 22.0 Å². The van der Waals surface area contributed by atoms with Crippen molar-refractivity contribution in [3.63, 3.8) is 0 Å². The van der Waals surface area contributed by atoms with Gasteiger partial charge in [0.1, 0.15) is 6.04 Å². The summed E-state index contributed by atoms with van der Waals surface area (Å²) in [7, 11) is -2.35. The third kappa shape index (κ3) is 2.14. The second-order valence-electron chi connectivity index (χ2n) is 4.07. The van der Waals surface area contributed by atoms with Crippen LogP contribution in [-0.4, -0.2) is 54.6 Å². The summed E-state index contributed by atoms with van der Waals surface area (Å²) in [6.07, 6.45) is 2.58. The summed E-state index contributed by atoms with van der Waals surface area (Å²) in [5.74, 6) is -1.16. The molecule has 100 valence electrons. The summed E-state index contributed by atoms with van der Waals surface area (Å²) in [4.78, 5) is 13.8. The Kier molecular flexibility index (Phi) is 3.42. The number of H-pyrrole nitrogens is 1. The Morgan fingerprint density at radius 2 is 2.33 bits per heavy atom. The number of aromatic amines is 1. The standard InChI is InChI=1S/C10H14N2O5S/c1-17-7-4-9(10(13)14)12(6-7)18(15,16)8-2-3-11-5-8/h2-3,5,7,9,11H,4,6H2,1H3,(H,13,14). The smallest absolute Gasteiger partial charge is 0.322 e. The number of nitrogens with one attached hydrogen (secondary N) is 1. The third-order valence-electron chi connectivity index (χ3n) is 3.01. The Labute approximate surface area is 104 Å². The number of carboxylic acid groups (broad SMARTS) is 1. The number of hydrogen-bond acceptors (Lipinski definition) is 4. The molecular formula is C10H14N2O5S. The van der Waals surface area contributed by atoms with Gasteiger partial charge in [0.15, 0.2) is 0 Å². The largest absolute Gasteiger partial charge is 0.480 e. The van der Waals surface area contributed by atoms with Crippen LogP contribution in [0.4, 0.5) is 0 Å². The fourth-order valence-electron chi connectivity index (χ4n) is 2.03. The van der Waals surface area contributed by atoms with E-state index in [9.17, 15) is 13.2 Å². The Morgan fingerprint density at radius 1 is 1.61 bits per heavy atom. The van der Waals surface area contributed by atoms with E-state index in [2.05, 4.69) is 4.98 Å². The molecule has 0 radical (unpaired) electrons. The molecule has 1 aromatic heterocycles. The molecule has 1 aromatic rings. The zero-order valence-corrected chi connectivity index (χ0v) is 10.6. The summed E-state index contributed by atoms with van der Waals surface area (Å²) in [6, 6.07) is 0.323. The fourth-order valence-corrected chi connectivity index (χ4v) is 3.64. The summed E-state index contributed by atoms with van der Waals surface area (Å²) in [5.41, 5.74) is 0. The predicted octanol–water partition coefficient (Wildman–Crippen LogP) is -0.123. The lowest BCUT2D eigenvalue weighted by Crippen LogP contribution is -2.40. The summed E-state index contributed by atoms with van der Waals surface area (Å²) in [6.45, 7) is 0.0565. The molecule has 1 fully saturated rings. The van der Waals surface area contributed by atoms with Crippen LogP contribution in [0.3, 0.4) is 0 Å². The Balaban J connectivity index is 2.34. The van der Waals surface area contributed by atoms with E-state index in [1.54, 1.807) is 0 Å². The van der Waals surface area contributed by atoms with Crippen molar-refractivity contribution in [3.8, 4) is 0 Å². The summed E-state index contributed by atoms with van der Waals surface area (Å²) >= 11 is 0. The predicted molar refractivity (Wildman–Crippen MR) is 61.5 cm³/mol. The SMILES string of the molecule is COC1CC(C(=O)O)N(S(=O)(=O)c2cc[nH]c2)C1. The fraction of sp³-hybridized carbons (Fsp3) is 0.500. The van der Waals surface area contributed by atoms with Crippen LogP contribution < -0.4 is 0 Å². The number of aromatic nitrogens is 1. The van der Waals surface area contributed by atoms with Gasteiger partial charge >= 0.3 is 5.97 Å². The Morgan fingerprint density at radius 3 is 2.83 bits per heavy atom. The minimum absolute atomic E-state index is 0.0565. The van der Waals surface area contributed by atoms with Gasteiger partial charge in [-0.2, -0.15) is 4.31 Å². The van der Waals surface area contributed by atoms with E-state index in [1.807, 2.05) is 0 Å². The molecule has 18 heavy (non-hydrogen) atoms. The number of rotatable bonds is 4. The van der Waals surface area contributed by atoms with E-state index in [0.717, 1.165) is 4.31 Å². The molecule has 2 N–H and O–H groups in total. The molecule has 8 heteroatoms. The maximum atomic E-state index is 12.3. The molecule has 2 atom stereocenters. The van der Waals surface area contributed by atoms with Gasteiger partial charge in [-0.15, -0.1) is 0 Å². The maximum Gasteiger partial charge on any atom is 0.322 e. The lowest BCUT2D eigenvalue weighted by atomic mass is 10.2. The lowest BCUT2D eigenvalue weighted by molar-refractivity contribution is -0.140. The van der Waals surface area contributed by atoms with E-state index in [1.165, 1.54) is 25.6 Å². The van der Waals surface area contributed by atoms with Crippen molar-refractivity contribution in [2.24, 2.45) is 0 Å². The molecule has 1 aliphatic rings. The van der Waals surface area contributed by atoms with Gasteiger partial charge in [0.05, 0.1) is 11.0 Å². The van der Waals surface area contributed by atoms with Crippen molar-refractivity contribution >= 4 is 16.0 Å². The van der Waals surface area contributed by atoms with Crippen LogP contribution in [0.15, 0.2) is 23.4 Å². The van der Waals surface area contributed by atoms with E-state index >= 15 is 0 Å². The van der Waals surface area contributed by atoms with Gasteiger partial charge < -0.3 is 14.8 Å². The molecule has 7 nitrogen and oxygen atoms in total. The molecule has 0 bridgehead atoms. The van der Waals surface area contributed by atoms with E-state index in [-0.39, 0.29) is 24.0 Å². The molecule has 0 saturated carbocycles. The number of sulfonamides is 1. The molecular weight excluding hydrogens is 260 g/mol. The number of hydrogen-bond donors (Lipinski definition) is 2. The Hall–Kier alpha value is -1.38. The molecule has 1 aliphatic heterocycles. The zero-order valence-electron chi connectivity index (χ0n) is 9.74. The third-order valence-corrected chi connectivity index (χ3v) is 4.88. The number of carbonyl (C=O) groups is 1. The molecule has 0 spiro atoms. The number of carboxylic acids is 1. The average Bonchev–Trinajstić information content (AvgIpc) is 2.98. The van der Waals surface area contributed by atoms with Gasteiger partial charge in [-0.1, -0.05) is 0 Å². The van der Waals surface area contributed by atoms with Crippen LogP contribution in [0.1, 0.15) is 6.42 Å². The first kappa shape index (κ1) is 13.1. The van der Waals surface area contributed by atoms with Gasteiger partial charge in [0, 0.05) is 32.5 Å². The van der Waals surface area contributed by atoms with Crippen LogP contribution in [0, 0.1) is 0 Å². The maximum absolute atomic E-state index is 12.3. The normalized spacial score (nSPS) is 25.4. The first-order valence-electron chi connectivity index (χ1n) is 5.37. The van der Waals surface area contributed by atoms with Crippen molar-refractivity contribution in [1.29, 1.82) is 0 Å². The van der Waals surface area contributed by atoms with Crippen LogP contribution >= 0.6 is 0 Å². The monoisotopic (exact) mass is 274 g/mol. The number of methoxy groups -OCH3 is 1. The molecule has 2 rings (SSSR count). The zero-order chi connectivity index (χ0) is 13.3. The molecule has 0 amide bonds. The van der Waals surface area contributed by atoms with E-state index in [0.29, 0.717) is 0 Å². The number of aliphatic carboxylic acids is 1. The number of ether oxygens (including phenoxy) is 1. The van der Waals surface area contributed by atoms with Gasteiger partial charge in [-0.3, -0.25) is 4.79 Å². The second-order valence-corrected chi connectivity index (χ2v) is 5.96. The summed E-state index contributed by atoms with van der Waals surface area (Å²) < 4.78 is 30.6. The van der Waals surface area contributed by atoms with Crippen LogP contribution in [0.2, 0.25) is 0 Å². The van der Waals surface area contributed by atoms with E-state index in [4.69, 9.17) is 9.84 Å². The average molecular weight is 274 g/mol. The quantitative estimate of drug-likeness (QED) is 0.797. The Bertz CT molecular complexity index is 524. The lowest BCUT2D eigenvalue weighted by Gasteiger charge is -2.19. The van der Waals surface area contributed by atoms with Crippen LogP contribution in [0.25, 0.3) is 0 Å². The van der Waals surface area contributed by atoms with Crippen LogP contribution in [0.5, 0.6) is 0 Å². The molecule has 2 heterocycles. The van der Waals surface area contributed by atoms with Gasteiger partial charge in [-0.25, -0.2) is 8.42 Å². The van der Waals surface area contributed by atoms with Gasteiger partial charge in [-0.05, 0) is 6.07 Å². The van der Waals surface area contributed by atoms with Gasteiger partial charge in [0.25, 0.3) is 0 Å². The van der Waals surface area contributed by atoms with Crippen molar-refractivity contribution < 1.29 is 23.1 Å². The minimum Gasteiger partial charge on any atom is -0.480 e. The van der Waals surface area contributed by atoms with Crippen LogP contribution in [-0.2, 0) is 19.6 Å². The highest BCUT2D eigenvalue weighted by molar-refractivity contribution is 7.89. The second kappa shape index (κ2) is 4.71. The molecule has 0 aromatic carbocycles. The molecule has 0 aliphatic carbocycles.